The van der Waals surface area contributed by atoms with E-state index in [2.05, 4.69) is 15.9 Å². The number of hydrogen-bond acceptors (Lipinski definition) is 2. The van der Waals surface area contributed by atoms with E-state index in [0.29, 0.717) is 0 Å². The van der Waals surface area contributed by atoms with E-state index in [4.69, 9.17) is 5.73 Å². The van der Waals surface area contributed by atoms with E-state index >= 15 is 0 Å². The molecule has 1 rings (SSSR count). The molecule has 0 spiro atoms. The molecule has 0 aromatic heterocycles. The lowest BCUT2D eigenvalue weighted by Crippen LogP contribution is -2.12. The first-order valence-corrected chi connectivity index (χ1v) is 4.70. The van der Waals surface area contributed by atoms with Crippen molar-refractivity contribution < 1.29 is 18.0 Å². The fourth-order valence-electron chi connectivity index (χ4n) is 1.15. The molecule has 15 heavy (non-hydrogen) atoms. The van der Waals surface area contributed by atoms with Crippen LogP contribution >= 0.6 is 15.9 Å². The molecule has 0 atom stereocenters. The summed E-state index contributed by atoms with van der Waals surface area (Å²) in [4.78, 5) is 11.0. The molecule has 0 saturated carbocycles. The van der Waals surface area contributed by atoms with Gasteiger partial charge in [-0.1, -0.05) is 0 Å². The van der Waals surface area contributed by atoms with E-state index in [0.717, 1.165) is 6.07 Å². The Hall–Kier alpha value is -1.04. The highest BCUT2D eigenvalue weighted by molar-refractivity contribution is 9.10. The van der Waals surface area contributed by atoms with Crippen LogP contribution < -0.4 is 5.73 Å². The van der Waals surface area contributed by atoms with Gasteiger partial charge < -0.3 is 5.73 Å². The molecule has 0 heterocycles. The van der Waals surface area contributed by atoms with Gasteiger partial charge in [-0.15, -0.1) is 0 Å². The van der Waals surface area contributed by atoms with Gasteiger partial charge in [0.2, 0.25) is 0 Å². The number of rotatable bonds is 1. The Kier molecular flexibility index (Phi) is 3.08. The highest BCUT2D eigenvalue weighted by atomic mass is 79.9. The second kappa shape index (κ2) is 3.84. The maximum atomic E-state index is 12.5. The first kappa shape index (κ1) is 12.0. The highest BCUT2D eigenvalue weighted by Crippen LogP contribution is 2.40. The van der Waals surface area contributed by atoms with Crippen molar-refractivity contribution in [2.75, 3.05) is 5.73 Å². The molecular weight excluding hydrogens is 275 g/mol. The van der Waals surface area contributed by atoms with Gasteiger partial charge >= 0.3 is 6.18 Å². The molecule has 0 aliphatic rings. The zero-order valence-electron chi connectivity index (χ0n) is 7.65. The Morgan fingerprint density at radius 3 is 2.33 bits per heavy atom. The van der Waals surface area contributed by atoms with Crippen LogP contribution in [0, 0.1) is 0 Å². The molecule has 0 unspecified atom stereocenters. The number of nitrogen functional groups attached to an aromatic ring is 1. The molecule has 0 aliphatic heterocycles. The maximum Gasteiger partial charge on any atom is 0.419 e. The van der Waals surface area contributed by atoms with E-state index in [1.807, 2.05) is 0 Å². The van der Waals surface area contributed by atoms with Crippen LogP contribution in [0.2, 0.25) is 0 Å². The summed E-state index contributed by atoms with van der Waals surface area (Å²) >= 11 is 2.75. The molecule has 6 heteroatoms. The minimum Gasteiger partial charge on any atom is -0.398 e. The minimum absolute atomic E-state index is 0.0310. The normalized spacial score (nSPS) is 11.5. The Labute approximate surface area is 92.4 Å². The lowest BCUT2D eigenvalue weighted by molar-refractivity contribution is -0.137. The summed E-state index contributed by atoms with van der Waals surface area (Å²) in [5.74, 6) is -0.452. The van der Waals surface area contributed by atoms with Gasteiger partial charge in [0, 0.05) is 15.7 Å². The molecular formula is C9H7BrF3NO. The second-order valence-corrected chi connectivity index (χ2v) is 3.74. The number of alkyl halides is 3. The number of carbonyl (C=O) groups is 1. The maximum absolute atomic E-state index is 12.5. The SMILES string of the molecule is CC(=O)c1ccc(N)c(C(F)(F)F)c1Br. The van der Waals surface area contributed by atoms with E-state index in [-0.39, 0.29) is 10.0 Å². The topological polar surface area (TPSA) is 43.1 Å². The predicted octanol–water partition coefficient (Wildman–Crippen LogP) is 3.25. The third-order valence-electron chi connectivity index (χ3n) is 1.84. The molecule has 0 saturated heterocycles. The molecule has 1 aromatic carbocycles. The smallest absolute Gasteiger partial charge is 0.398 e. The van der Waals surface area contributed by atoms with E-state index < -0.39 is 23.2 Å². The largest absolute Gasteiger partial charge is 0.419 e. The summed E-state index contributed by atoms with van der Waals surface area (Å²) in [5, 5.41) is 0. The Morgan fingerprint density at radius 2 is 1.93 bits per heavy atom. The number of halogens is 4. The van der Waals surface area contributed by atoms with Gasteiger partial charge in [0.25, 0.3) is 0 Å². The van der Waals surface area contributed by atoms with Crippen LogP contribution in [-0.2, 0) is 6.18 Å². The fraction of sp³-hybridized carbons (Fsp3) is 0.222. The van der Waals surface area contributed by atoms with Crippen LogP contribution in [0.25, 0.3) is 0 Å². The van der Waals surface area contributed by atoms with E-state index in [1.54, 1.807) is 0 Å². The van der Waals surface area contributed by atoms with Gasteiger partial charge in [0.05, 0.1) is 5.56 Å². The molecule has 0 amide bonds. The number of Topliss-reactive ketones (excluding diaryl/α,β-unsaturated/α-hetero) is 1. The Bertz CT molecular complexity index is 415. The van der Waals surface area contributed by atoms with Crippen molar-refractivity contribution in [3.63, 3.8) is 0 Å². The number of hydrogen-bond donors (Lipinski definition) is 1. The number of anilines is 1. The summed E-state index contributed by atoms with van der Waals surface area (Å²) < 4.78 is 37.3. The highest BCUT2D eigenvalue weighted by Gasteiger charge is 2.36. The van der Waals surface area contributed by atoms with Crippen molar-refractivity contribution in [3.8, 4) is 0 Å². The van der Waals surface area contributed by atoms with E-state index in [9.17, 15) is 18.0 Å². The van der Waals surface area contributed by atoms with Gasteiger partial charge in [0.15, 0.2) is 5.78 Å². The van der Waals surface area contributed by atoms with Crippen LogP contribution in [0.4, 0.5) is 18.9 Å². The standard InChI is InChI=1S/C9H7BrF3NO/c1-4(15)5-2-3-6(14)7(8(5)10)9(11,12)13/h2-3H,14H2,1H3. The van der Waals surface area contributed by atoms with Crippen LogP contribution in [0.1, 0.15) is 22.8 Å². The van der Waals surface area contributed by atoms with Gasteiger partial charge in [-0.05, 0) is 35.0 Å². The number of nitrogens with two attached hydrogens (primary N) is 1. The molecule has 0 fully saturated rings. The first-order chi connectivity index (χ1) is 6.75. The summed E-state index contributed by atoms with van der Waals surface area (Å²) in [5.41, 5.74) is 3.78. The van der Waals surface area contributed by atoms with Crippen LogP contribution in [-0.4, -0.2) is 5.78 Å². The molecule has 2 N–H and O–H groups in total. The van der Waals surface area contributed by atoms with Gasteiger partial charge in [0.1, 0.15) is 0 Å². The Balaban J connectivity index is 3.51. The van der Waals surface area contributed by atoms with Crippen molar-refractivity contribution in [2.24, 2.45) is 0 Å². The predicted molar refractivity (Wildman–Crippen MR) is 53.6 cm³/mol. The van der Waals surface area contributed by atoms with Crippen molar-refractivity contribution >= 4 is 27.4 Å². The van der Waals surface area contributed by atoms with Crippen LogP contribution in [0.5, 0.6) is 0 Å². The molecule has 0 bridgehead atoms. The van der Waals surface area contributed by atoms with Crippen molar-refractivity contribution in [3.05, 3.63) is 27.7 Å². The quantitative estimate of drug-likeness (QED) is 0.634. The first-order valence-electron chi connectivity index (χ1n) is 3.91. The van der Waals surface area contributed by atoms with Crippen molar-refractivity contribution in [2.45, 2.75) is 13.1 Å². The zero-order chi connectivity index (χ0) is 11.8. The number of benzene rings is 1. The average Bonchev–Trinajstić information content (AvgIpc) is 2.00. The minimum atomic E-state index is -4.58. The number of ketones is 1. The fourth-order valence-corrected chi connectivity index (χ4v) is 2.02. The molecule has 0 radical (unpaired) electrons. The van der Waals surface area contributed by atoms with Crippen molar-refractivity contribution in [1.29, 1.82) is 0 Å². The lowest BCUT2D eigenvalue weighted by Gasteiger charge is -2.13. The third-order valence-corrected chi connectivity index (χ3v) is 2.66. The zero-order valence-corrected chi connectivity index (χ0v) is 9.24. The second-order valence-electron chi connectivity index (χ2n) is 2.95. The van der Waals surface area contributed by atoms with Crippen LogP contribution in [0.15, 0.2) is 16.6 Å². The van der Waals surface area contributed by atoms with E-state index in [1.165, 1.54) is 13.0 Å². The molecule has 1 aromatic rings. The molecule has 2 nitrogen and oxygen atoms in total. The van der Waals surface area contributed by atoms with Crippen LogP contribution in [0.3, 0.4) is 0 Å². The lowest BCUT2D eigenvalue weighted by atomic mass is 10.1. The summed E-state index contributed by atoms with van der Waals surface area (Å²) in [7, 11) is 0. The van der Waals surface area contributed by atoms with Gasteiger partial charge in [-0.2, -0.15) is 13.2 Å². The Morgan fingerprint density at radius 1 is 1.40 bits per heavy atom. The third kappa shape index (κ3) is 2.31. The molecule has 0 aliphatic carbocycles. The molecule has 82 valence electrons. The van der Waals surface area contributed by atoms with Crippen molar-refractivity contribution in [1.82, 2.24) is 0 Å². The number of carbonyl (C=O) groups excluding carboxylic acids is 1. The average molecular weight is 282 g/mol. The van der Waals surface area contributed by atoms with Gasteiger partial charge in [-0.25, -0.2) is 0 Å². The van der Waals surface area contributed by atoms with Gasteiger partial charge in [-0.3, -0.25) is 4.79 Å². The summed E-state index contributed by atoms with van der Waals surface area (Å²) in [6, 6.07) is 2.33. The summed E-state index contributed by atoms with van der Waals surface area (Å²) in [6.07, 6.45) is -4.58. The monoisotopic (exact) mass is 281 g/mol. The summed E-state index contributed by atoms with van der Waals surface area (Å²) in [6.45, 7) is 1.19.